The second-order valence-electron chi connectivity index (χ2n) is 5.65. The number of carbonyl (C=O) groups is 1. The predicted octanol–water partition coefficient (Wildman–Crippen LogP) is 2.76. The minimum Gasteiger partial charge on any atom is -0.406 e. The topological polar surface area (TPSA) is 75.7 Å². The number of benzene rings is 1. The SMILES string of the molecule is CN(C)S(=O)(=O)c1ccc(CNC(=O)Cc2ccc(OC(F)(F)F)cc2)s1. The van der Waals surface area contributed by atoms with Gasteiger partial charge in [0, 0.05) is 19.0 Å². The third-order valence-corrected chi connectivity index (χ3v) is 6.72. The van der Waals surface area contributed by atoms with Gasteiger partial charge in [0.05, 0.1) is 13.0 Å². The molecule has 0 fully saturated rings. The summed E-state index contributed by atoms with van der Waals surface area (Å²) in [6, 6.07) is 8.09. The number of amides is 1. The highest BCUT2D eigenvalue weighted by molar-refractivity contribution is 7.91. The van der Waals surface area contributed by atoms with Crippen molar-refractivity contribution in [2.45, 2.75) is 23.5 Å². The molecule has 0 spiro atoms. The number of nitrogens with one attached hydrogen (secondary N) is 1. The van der Waals surface area contributed by atoms with Gasteiger partial charge in [-0.25, -0.2) is 12.7 Å². The zero-order chi connectivity index (χ0) is 20.2. The van der Waals surface area contributed by atoms with Crippen molar-refractivity contribution in [2.24, 2.45) is 0 Å². The summed E-state index contributed by atoms with van der Waals surface area (Å²) in [6.07, 6.45) is -4.79. The molecule has 1 aromatic heterocycles. The van der Waals surface area contributed by atoms with Crippen molar-refractivity contribution in [1.82, 2.24) is 9.62 Å². The van der Waals surface area contributed by atoms with Crippen molar-refractivity contribution >= 4 is 27.3 Å². The van der Waals surface area contributed by atoms with E-state index in [2.05, 4.69) is 10.1 Å². The first-order valence-corrected chi connectivity index (χ1v) is 9.85. The van der Waals surface area contributed by atoms with Gasteiger partial charge >= 0.3 is 6.36 Å². The lowest BCUT2D eigenvalue weighted by atomic mass is 10.1. The van der Waals surface area contributed by atoms with Crippen LogP contribution in [0.1, 0.15) is 10.4 Å². The van der Waals surface area contributed by atoms with Crippen molar-refractivity contribution < 1.29 is 31.1 Å². The van der Waals surface area contributed by atoms with Crippen LogP contribution in [0, 0.1) is 0 Å². The number of sulfonamides is 1. The number of carbonyl (C=O) groups excluding carboxylic acids is 1. The van der Waals surface area contributed by atoms with Crippen LogP contribution in [0.3, 0.4) is 0 Å². The Kier molecular flexibility index (Phi) is 6.50. The molecule has 0 saturated carbocycles. The molecule has 148 valence electrons. The Labute approximate surface area is 158 Å². The maximum Gasteiger partial charge on any atom is 0.573 e. The zero-order valence-electron chi connectivity index (χ0n) is 14.4. The van der Waals surface area contributed by atoms with Gasteiger partial charge in [0.25, 0.3) is 10.0 Å². The van der Waals surface area contributed by atoms with Crippen molar-refractivity contribution in [2.75, 3.05) is 14.1 Å². The van der Waals surface area contributed by atoms with E-state index in [0.29, 0.717) is 10.4 Å². The van der Waals surface area contributed by atoms with E-state index in [1.165, 1.54) is 32.3 Å². The summed E-state index contributed by atoms with van der Waals surface area (Å²) in [4.78, 5) is 12.6. The summed E-state index contributed by atoms with van der Waals surface area (Å²) in [5.74, 6) is -0.704. The number of nitrogens with zero attached hydrogens (tertiary/aromatic N) is 1. The molecule has 1 aromatic carbocycles. The minimum atomic E-state index is -4.77. The Bertz CT molecular complexity index is 891. The third kappa shape index (κ3) is 6.22. The first kappa shape index (κ1) is 21.2. The van der Waals surface area contributed by atoms with Crippen molar-refractivity contribution in [3.63, 3.8) is 0 Å². The minimum absolute atomic E-state index is 0.0273. The smallest absolute Gasteiger partial charge is 0.406 e. The number of rotatable bonds is 7. The highest BCUT2D eigenvalue weighted by Crippen LogP contribution is 2.24. The average molecular weight is 422 g/mol. The monoisotopic (exact) mass is 422 g/mol. The molecule has 0 aliphatic carbocycles. The normalized spacial score (nSPS) is 12.2. The lowest BCUT2D eigenvalue weighted by molar-refractivity contribution is -0.274. The van der Waals surface area contributed by atoms with Crippen LogP contribution in [0.25, 0.3) is 0 Å². The van der Waals surface area contributed by atoms with Crippen molar-refractivity contribution in [3.05, 3.63) is 46.8 Å². The van der Waals surface area contributed by atoms with Crippen LogP contribution >= 0.6 is 11.3 Å². The number of alkyl halides is 3. The number of hydrogen-bond acceptors (Lipinski definition) is 5. The molecule has 27 heavy (non-hydrogen) atoms. The van der Waals surface area contributed by atoms with Crippen LogP contribution in [0.15, 0.2) is 40.6 Å². The van der Waals surface area contributed by atoms with Crippen LogP contribution in [-0.2, 0) is 27.8 Å². The lowest BCUT2D eigenvalue weighted by Gasteiger charge is -2.09. The Morgan fingerprint density at radius 2 is 1.78 bits per heavy atom. The molecule has 1 N–H and O–H groups in total. The van der Waals surface area contributed by atoms with E-state index in [9.17, 15) is 26.4 Å². The molecule has 0 saturated heterocycles. The second kappa shape index (κ2) is 8.28. The molecular formula is C16H17F3N2O4S2. The largest absolute Gasteiger partial charge is 0.573 e. The summed E-state index contributed by atoms with van der Waals surface area (Å²) in [5, 5.41) is 2.65. The Morgan fingerprint density at radius 1 is 1.15 bits per heavy atom. The zero-order valence-corrected chi connectivity index (χ0v) is 16.0. The average Bonchev–Trinajstić information content (AvgIpc) is 3.03. The molecule has 1 heterocycles. The van der Waals surface area contributed by atoms with E-state index in [1.807, 2.05) is 0 Å². The summed E-state index contributed by atoms with van der Waals surface area (Å²) in [5.41, 5.74) is 0.518. The molecule has 0 radical (unpaired) electrons. The summed E-state index contributed by atoms with van der Waals surface area (Å²) < 4.78 is 65.4. The van der Waals surface area contributed by atoms with Gasteiger partial charge in [-0.3, -0.25) is 4.79 Å². The Hall–Kier alpha value is -2.11. The fourth-order valence-electron chi connectivity index (χ4n) is 2.01. The standard InChI is InChI=1S/C16H17F3N2O4S2/c1-21(2)27(23,24)15-8-7-13(26-15)10-20-14(22)9-11-3-5-12(6-4-11)25-16(17,18)19/h3-8H,9-10H2,1-2H3,(H,20,22). The molecule has 0 atom stereocenters. The fourth-order valence-corrected chi connectivity index (χ4v) is 4.48. The highest BCUT2D eigenvalue weighted by Gasteiger charge is 2.31. The summed E-state index contributed by atoms with van der Waals surface area (Å²) in [7, 11) is -0.649. The number of thiophene rings is 1. The molecule has 2 aromatic rings. The van der Waals surface area contributed by atoms with Gasteiger partial charge in [-0.2, -0.15) is 0 Å². The highest BCUT2D eigenvalue weighted by atomic mass is 32.2. The summed E-state index contributed by atoms with van der Waals surface area (Å²) >= 11 is 1.06. The van der Waals surface area contributed by atoms with Crippen LogP contribution in [0.2, 0.25) is 0 Å². The summed E-state index contributed by atoms with van der Waals surface area (Å²) in [6.45, 7) is 0.154. The van der Waals surface area contributed by atoms with Crippen LogP contribution in [-0.4, -0.2) is 39.1 Å². The number of ether oxygens (including phenoxy) is 1. The third-order valence-electron chi connectivity index (χ3n) is 3.35. The number of hydrogen-bond donors (Lipinski definition) is 1. The van der Waals surface area contributed by atoms with Crippen LogP contribution in [0.4, 0.5) is 13.2 Å². The molecule has 0 bridgehead atoms. The molecule has 0 unspecified atom stereocenters. The van der Waals surface area contributed by atoms with E-state index in [1.54, 1.807) is 6.07 Å². The van der Waals surface area contributed by atoms with E-state index >= 15 is 0 Å². The predicted molar refractivity (Wildman–Crippen MR) is 93.9 cm³/mol. The maximum atomic E-state index is 12.1. The van der Waals surface area contributed by atoms with Gasteiger partial charge in [-0.1, -0.05) is 12.1 Å². The van der Waals surface area contributed by atoms with E-state index in [-0.39, 0.29) is 28.8 Å². The van der Waals surface area contributed by atoms with Crippen molar-refractivity contribution in [1.29, 1.82) is 0 Å². The fraction of sp³-hybridized carbons (Fsp3) is 0.312. The molecule has 0 aliphatic rings. The first-order chi connectivity index (χ1) is 12.5. The van der Waals surface area contributed by atoms with Gasteiger partial charge in [0.15, 0.2) is 0 Å². The van der Waals surface area contributed by atoms with Gasteiger partial charge in [0.1, 0.15) is 9.96 Å². The maximum absolute atomic E-state index is 12.1. The molecular weight excluding hydrogens is 405 g/mol. The van der Waals surface area contributed by atoms with Gasteiger partial charge in [-0.05, 0) is 29.8 Å². The number of halogens is 3. The first-order valence-electron chi connectivity index (χ1n) is 7.60. The second-order valence-corrected chi connectivity index (χ2v) is 9.20. The van der Waals surface area contributed by atoms with Gasteiger partial charge < -0.3 is 10.1 Å². The van der Waals surface area contributed by atoms with Gasteiger partial charge in [0.2, 0.25) is 5.91 Å². The van der Waals surface area contributed by atoms with Crippen LogP contribution < -0.4 is 10.1 Å². The lowest BCUT2D eigenvalue weighted by Crippen LogP contribution is -2.24. The van der Waals surface area contributed by atoms with E-state index < -0.39 is 16.4 Å². The van der Waals surface area contributed by atoms with E-state index in [4.69, 9.17) is 0 Å². The molecule has 1 amide bonds. The van der Waals surface area contributed by atoms with Crippen LogP contribution in [0.5, 0.6) is 5.75 Å². The molecule has 11 heteroatoms. The van der Waals surface area contributed by atoms with Crippen molar-refractivity contribution in [3.8, 4) is 5.75 Å². The Balaban J connectivity index is 1.89. The molecule has 0 aliphatic heterocycles. The molecule has 2 rings (SSSR count). The Morgan fingerprint density at radius 3 is 2.33 bits per heavy atom. The quantitative estimate of drug-likeness (QED) is 0.745. The van der Waals surface area contributed by atoms with E-state index in [0.717, 1.165) is 27.8 Å². The van der Waals surface area contributed by atoms with Gasteiger partial charge in [-0.15, -0.1) is 24.5 Å². The molecule has 6 nitrogen and oxygen atoms in total.